The van der Waals surface area contributed by atoms with Crippen LogP contribution in [0.5, 0.6) is 0 Å². The fourth-order valence-electron chi connectivity index (χ4n) is 7.73. The third-order valence-electron chi connectivity index (χ3n) is 9.48. The normalized spacial score (nSPS) is 20.8. The molecular formula is C36H24N4O4. The summed E-state index contributed by atoms with van der Waals surface area (Å²) in [4.78, 5) is 62.3. The molecule has 212 valence electrons. The third-order valence-corrected chi connectivity index (χ3v) is 9.48. The highest BCUT2D eigenvalue weighted by Crippen LogP contribution is 2.56. The van der Waals surface area contributed by atoms with E-state index in [9.17, 15) is 19.2 Å². The molecular weight excluding hydrogens is 552 g/mol. The van der Waals surface area contributed by atoms with Gasteiger partial charge in [0.25, 0.3) is 23.6 Å². The zero-order valence-corrected chi connectivity index (χ0v) is 23.8. The molecule has 4 amide bonds. The SMILES string of the molecule is CN1C=C2C(=O)N(c3ccccc3)C(=O)c3ccc4c(c32)C1c1ccc2c3c1C4N(C)C=C3C(=O)N(c1ccccc1)C2=O. The molecule has 0 aromatic heterocycles. The van der Waals surface area contributed by atoms with Gasteiger partial charge < -0.3 is 9.80 Å². The second kappa shape index (κ2) is 8.41. The van der Waals surface area contributed by atoms with E-state index in [4.69, 9.17) is 0 Å². The number of imide groups is 2. The number of carbonyl (C=O) groups excluding carboxylic acids is 4. The lowest BCUT2D eigenvalue weighted by Crippen LogP contribution is -2.48. The van der Waals surface area contributed by atoms with Gasteiger partial charge in [0.05, 0.1) is 34.6 Å². The van der Waals surface area contributed by atoms with Gasteiger partial charge in [-0.3, -0.25) is 19.2 Å². The van der Waals surface area contributed by atoms with E-state index >= 15 is 0 Å². The number of benzene rings is 4. The van der Waals surface area contributed by atoms with E-state index in [0.29, 0.717) is 44.8 Å². The topological polar surface area (TPSA) is 81.2 Å². The first-order valence-electron chi connectivity index (χ1n) is 14.5. The number of rotatable bonds is 2. The standard InChI is InChI=1S/C36H24N4O4/c1-37-17-25-27-23(33(41)39(35(25)43)19-9-5-3-6-10-19)16-14-22-29(27)31(37)21-13-15-24-28-26(18-38(2)32(22)30(21)28)36(44)40(34(24)42)20-11-7-4-8-12-20/h3-18,31-32H,1-2H3. The zero-order chi connectivity index (χ0) is 30.0. The Bertz CT molecular complexity index is 1950. The largest absolute Gasteiger partial charge is 0.369 e. The van der Waals surface area contributed by atoms with E-state index in [1.807, 2.05) is 97.0 Å². The Morgan fingerprint density at radius 2 is 0.864 bits per heavy atom. The first kappa shape index (κ1) is 24.8. The molecule has 0 bridgehead atoms. The molecule has 4 aromatic rings. The molecule has 9 rings (SSSR count). The Hall–Kier alpha value is -5.76. The molecule has 0 saturated heterocycles. The second-order valence-electron chi connectivity index (χ2n) is 11.8. The lowest BCUT2D eigenvalue weighted by atomic mass is 9.68. The molecule has 4 aliphatic heterocycles. The van der Waals surface area contributed by atoms with Crippen molar-refractivity contribution in [2.75, 3.05) is 23.9 Å². The first-order chi connectivity index (χ1) is 21.4. The number of hydrogen-bond donors (Lipinski definition) is 0. The molecule has 44 heavy (non-hydrogen) atoms. The molecule has 0 spiro atoms. The van der Waals surface area contributed by atoms with Crippen molar-refractivity contribution >= 4 is 46.1 Å². The monoisotopic (exact) mass is 576 g/mol. The van der Waals surface area contributed by atoms with E-state index in [-0.39, 0.29) is 35.7 Å². The molecule has 2 unspecified atom stereocenters. The molecule has 2 atom stereocenters. The number of amides is 4. The summed E-state index contributed by atoms with van der Waals surface area (Å²) in [7, 11) is 3.85. The minimum absolute atomic E-state index is 0.311. The predicted octanol–water partition coefficient (Wildman–Crippen LogP) is 5.13. The van der Waals surface area contributed by atoms with Crippen LogP contribution in [0.1, 0.15) is 66.2 Å². The van der Waals surface area contributed by atoms with Crippen LogP contribution in [0.25, 0.3) is 11.1 Å². The minimum Gasteiger partial charge on any atom is -0.369 e. The zero-order valence-electron chi connectivity index (χ0n) is 23.8. The quantitative estimate of drug-likeness (QED) is 0.308. The van der Waals surface area contributed by atoms with E-state index in [0.717, 1.165) is 22.3 Å². The van der Waals surface area contributed by atoms with Crippen LogP contribution >= 0.6 is 0 Å². The predicted molar refractivity (Wildman–Crippen MR) is 165 cm³/mol. The molecule has 8 heteroatoms. The van der Waals surface area contributed by atoms with Crippen molar-refractivity contribution in [3.8, 4) is 0 Å². The van der Waals surface area contributed by atoms with Crippen LogP contribution in [0.15, 0.2) is 97.3 Å². The lowest BCUT2D eigenvalue weighted by Gasteiger charge is -2.49. The Kier molecular flexibility index (Phi) is 4.74. The van der Waals surface area contributed by atoms with E-state index in [2.05, 4.69) is 0 Å². The van der Waals surface area contributed by atoms with Gasteiger partial charge in [0.1, 0.15) is 0 Å². The fourth-order valence-corrected chi connectivity index (χ4v) is 7.73. The van der Waals surface area contributed by atoms with Gasteiger partial charge in [0.2, 0.25) is 0 Å². The Labute approximate surface area is 252 Å². The minimum atomic E-state index is -0.361. The average molecular weight is 577 g/mol. The van der Waals surface area contributed by atoms with Crippen LogP contribution < -0.4 is 9.80 Å². The lowest BCUT2D eigenvalue weighted by molar-refractivity contribution is -0.113. The molecule has 5 aliphatic rings. The molecule has 0 fully saturated rings. The Balaban J connectivity index is 1.27. The van der Waals surface area contributed by atoms with Gasteiger partial charge in [0, 0.05) is 48.7 Å². The Morgan fingerprint density at radius 1 is 0.477 bits per heavy atom. The average Bonchev–Trinajstić information content (AvgIpc) is 3.04. The van der Waals surface area contributed by atoms with Crippen LogP contribution in [-0.4, -0.2) is 47.5 Å². The first-order valence-corrected chi connectivity index (χ1v) is 14.5. The van der Waals surface area contributed by atoms with Crippen molar-refractivity contribution < 1.29 is 19.2 Å². The summed E-state index contributed by atoms with van der Waals surface area (Å²) in [6, 6.07) is 24.9. The van der Waals surface area contributed by atoms with E-state index < -0.39 is 0 Å². The second-order valence-corrected chi connectivity index (χ2v) is 11.8. The van der Waals surface area contributed by atoms with Gasteiger partial charge in [-0.2, -0.15) is 0 Å². The van der Waals surface area contributed by atoms with Gasteiger partial charge in [-0.05, 0) is 58.7 Å². The van der Waals surface area contributed by atoms with Crippen molar-refractivity contribution in [1.29, 1.82) is 0 Å². The maximum absolute atomic E-state index is 14.0. The summed E-state index contributed by atoms with van der Waals surface area (Å²) in [6.45, 7) is 0. The van der Waals surface area contributed by atoms with Crippen molar-refractivity contribution in [3.63, 3.8) is 0 Å². The van der Waals surface area contributed by atoms with Crippen molar-refractivity contribution in [2.24, 2.45) is 0 Å². The van der Waals surface area contributed by atoms with Gasteiger partial charge >= 0.3 is 0 Å². The highest BCUT2D eigenvalue weighted by atomic mass is 16.2. The summed E-state index contributed by atoms with van der Waals surface area (Å²) in [5, 5.41) is 0. The van der Waals surface area contributed by atoms with E-state index in [1.54, 1.807) is 24.3 Å². The van der Waals surface area contributed by atoms with Crippen LogP contribution in [0.2, 0.25) is 0 Å². The summed E-state index contributed by atoms with van der Waals surface area (Å²) in [5.41, 5.74) is 8.02. The van der Waals surface area contributed by atoms with E-state index in [1.165, 1.54) is 9.80 Å². The van der Waals surface area contributed by atoms with Gasteiger partial charge in [-0.15, -0.1) is 0 Å². The summed E-state index contributed by atoms with van der Waals surface area (Å²) < 4.78 is 0. The maximum atomic E-state index is 14.0. The van der Waals surface area contributed by atoms with Crippen LogP contribution in [0.3, 0.4) is 0 Å². The molecule has 4 aromatic carbocycles. The van der Waals surface area contributed by atoms with Gasteiger partial charge in [0.15, 0.2) is 0 Å². The van der Waals surface area contributed by atoms with Crippen LogP contribution in [0, 0.1) is 0 Å². The highest BCUT2D eigenvalue weighted by molar-refractivity contribution is 6.42. The van der Waals surface area contributed by atoms with Crippen LogP contribution in [0.4, 0.5) is 11.4 Å². The smallest absolute Gasteiger partial charge is 0.267 e. The van der Waals surface area contributed by atoms with Gasteiger partial charge in [-0.1, -0.05) is 48.5 Å². The number of carbonyl (C=O) groups is 4. The fraction of sp³-hybridized carbons (Fsp3) is 0.111. The maximum Gasteiger partial charge on any atom is 0.267 e. The molecule has 1 aliphatic carbocycles. The van der Waals surface area contributed by atoms with Crippen molar-refractivity contribution in [2.45, 2.75) is 12.1 Å². The number of nitrogens with zero attached hydrogens (tertiary/aromatic N) is 4. The molecule has 0 radical (unpaired) electrons. The van der Waals surface area contributed by atoms with Crippen LogP contribution in [-0.2, 0) is 9.59 Å². The van der Waals surface area contributed by atoms with Crippen molar-refractivity contribution in [1.82, 2.24) is 9.80 Å². The summed E-state index contributed by atoms with van der Waals surface area (Å²) >= 11 is 0. The molecule has 0 saturated carbocycles. The number of hydrogen-bond acceptors (Lipinski definition) is 6. The summed E-state index contributed by atoms with van der Waals surface area (Å²) in [5.74, 6) is -1.43. The third kappa shape index (κ3) is 2.92. The summed E-state index contributed by atoms with van der Waals surface area (Å²) in [6.07, 6.45) is 3.66. The van der Waals surface area contributed by atoms with Crippen molar-refractivity contribution in [3.05, 3.63) is 142 Å². The Morgan fingerprint density at radius 3 is 1.25 bits per heavy atom. The number of fused-ring (bicyclic) bond motifs is 2. The molecule has 8 nitrogen and oxygen atoms in total. The number of anilines is 2. The molecule has 0 N–H and O–H groups in total. The number of para-hydroxylation sites is 2. The molecule has 4 heterocycles. The highest BCUT2D eigenvalue weighted by Gasteiger charge is 2.50. The van der Waals surface area contributed by atoms with Gasteiger partial charge in [-0.25, -0.2) is 9.80 Å².